The molecular formula is C12H9FN2O3. The number of benzene rings is 1. The number of nitro benzene ring substituents is 1. The smallest absolute Gasteiger partial charge is 0.274 e. The Balaban J connectivity index is 2.46. The van der Waals surface area contributed by atoms with Crippen LogP contribution in [0.5, 0.6) is 0 Å². The van der Waals surface area contributed by atoms with Crippen LogP contribution in [0.3, 0.4) is 0 Å². The largest absolute Gasteiger partial charge is 0.311 e. The fourth-order valence-corrected chi connectivity index (χ4v) is 1.63. The zero-order chi connectivity index (χ0) is 13.1. The predicted molar refractivity (Wildman–Crippen MR) is 62.9 cm³/mol. The molecule has 2 aromatic rings. The summed E-state index contributed by atoms with van der Waals surface area (Å²) in [5.41, 5.74) is -0.337. The average molecular weight is 248 g/mol. The number of aromatic nitrogens is 1. The molecule has 1 aromatic heterocycles. The maximum absolute atomic E-state index is 13.1. The van der Waals surface area contributed by atoms with Crippen molar-refractivity contribution in [3.8, 4) is 0 Å². The molecule has 5 nitrogen and oxygen atoms in total. The van der Waals surface area contributed by atoms with E-state index in [0.717, 1.165) is 18.2 Å². The first-order chi connectivity index (χ1) is 8.58. The molecule has 6 heteroatoms. The Morgan fingerprint density at radius 2 is 2.06 bits per heavy atom. The Morgan fingerprint density at radius 1 is 1.28 bits per heavy atom. The Kier molecular flexibility index (Phi) is 3.18. The monoisotopic (exact) mass is 248 g/mol. The zero-order valence-corrected chi connectivity index (χ0v) is 9.25. The molecule has 0 atom stereocenters. The molecule has 0 bridgehead atoms. The van der Waals surface area contributed by atoms with Gasteiger partial charge in [0.05, 0.1) is 17.0 Å². The summed E-state index contributed by atoms with van der Waals surface area (Å²) in [4.78, 5) is 21.7. The van der Waals surface area contributed by atoms with Crippen molar-refractivity contribution in [3.63, 3.8) is 0 Å². The first-order valence-corrected chi connectivity index (χ1v) is 5.16. The first-order valence-electron chi connectivity index (χ1n) is 5.16. The number of nitro groups is 1. The molecule has 0 aliphatic rings. The number of nitrogens with zero attached hydrogens (tertiary/aromatic N) is 2. The third-order valence-corrected chi connectivity index (χ3v) is 2.48. The molecule has 1 heterocycles. The standard InChI is InChI=1S/C12H9FN2O3/c13-10-4-5-11(15(17)18)9(7-10)8-14-6-2-1-3-12(14)16/h1-7H,8H2. The number of halogens is 1. The van der Waals surface area contributed by atoms with Crippen molar-refractivity contribution in [2.24, 2.45) is 0 Å². The van der Waals surface area contributed by atoms with Gasteiger partial charge in [0.2, 0.25) is 0 Å². The van der Waals surface area contributed by atoms with E-state index in [2.05, 4.69) is 0 Å². The van der Waals surface area contributed by atoms with Crippen molar-refractivity contribution in [2.45, 2.75) is 6.54 Å². The molecule has 0 saturated carbocycles. The molecule has 18 heavy (non-hydrogen) atoms. The first kappa shape index (κ1) is 12.0. The Bertz CT molecular complexity index is 652. The lowest BCUT2D eigenvalue weighted by Crippen LogP contribution is -2.18. The van der Waals surface area contributed by atoms with Gasteiger partial charge in [-0.3, -0.25) is 14.9 Å². The van der Waals surface area contributed by atoms with Gasteiger partial charge in [0.1, 0.15) is 5.82 Å². The van der Waals surface area contributed by atoms with E-state index in [0.29, 0.717) is 0 Å². The minimum atomic E-state index is -0.594. The highest BCUT2D eigenvalue weighted by molar-refractivity contribution is 5.40. The summed E-state index contributed by atoms with van der Waals surface area (Å²) >= 11 is 0. The molecule has 0 aliphatic heterocycles. The molecule has 2 rings (SSSR count). The van der Waals surface area contributed by atoms with Crippen molar-refractivity contribution in [1.29, 1.82) is 0 Å². The summed E-state index contributed by atoms with van der Waals surface area (Å²) in [5.74, 6) is -0.570. The van der Waals surface area contributed by atoms with Crippen LogP contribution in [0, 0.1) is 15.9 Å². The van der Waals surface area contributed by atoms with Gasteiger partial charge < -0.3 is 4.57 Å². The highest BCUT2D eigenvalue weighted by atomic mass is 19.1. The van der Waals surface area contributed by atoms with E-state index in [4.69, 9.17) is 0 Å². The van der Waals surface area contributed by atoms with Gasteiger partial charge >= 0.3 is 0 Å². The third kappa shape index (κ3) is 2.42. The van der Waals surface area contributed by atoms with Crippen LogP contribution in [0.4, 0.5) is 10.1 Å². The summed E-state index contributed by atoms with van der Waals surface area (Å²) in [6.45, 7) is -0.0340. The predicted octanol–water partition coefficient (Wildman–Crippen LogP) is 1.94. The van der Waals surface area contributed by atoms with E-state index in [1.165, 1.54) is 16.8 Å². The van der Waals surface area contributed by atoms with Crippen molar-refractivity contribution < 1.29 is 9.31 Å². The van der Waals surface area contributed by atoms with E-state index >= 15 is 0 Å². The van der Waals surface area contributed by atoms with Gasteiger partial charge in [-0.25, -0.2) is 4.39 Å². The van der Waals surface area contributed by atoms with Crippen molar-refractivity contribution in [3.05, 3.63) is 74.4 Å². The fraction of sp³-hybridized carbons (Fsp3) is 0.0833. The minimum absolute atomic E-state index is 0.0340. The summed E-state index contributed by atoms with van der Waals surface area (Å²) in [5, 5.41) is 10.8. The molecule has 92 valence electrons. The van der Waals surface area contributed by atoms with Crippen LogP contribution in [0.15, 0.2) is 47.4 Å². The molecule has 0 aliphatic carbocycles. The van der Waals surface area contributed by atoms with Crippen LogP contribution in [0.25, 0.3) is 0 Å². The summed E-state index contributed by atoms with van der Waals surface area (Å²) in [6, 6.07) is 7.72. The molecule has 0 N–H and O–H groups in total. The SMILES string of the molecule is O=c1ccccn1Cc1cc(F)ccc1[N+](=O)[O-]. The van der Waals surface area contributed by atoms with Gasteiger partial charge in [0.25, 0.3) is 11.2 Å². The van der Waals surface area contributed by atoms with Crippen molar-refractivity contribution in [2.75, 3.05) is 0 Å². The number of pyridine rings is 1. The lowest BCUT2D eigenvalue weighted by molar-refractivity contribution is -0.385. The van der Waals surface area contributed by atoms with Gasteiger partial charge in [0, 0.05) is 18.3 Å². The maximum atomic E-state index is 13.1. The van der Waals surface area contributed by atoms with Crippen LogP contribution in [-0.4, -0.2) is 9.49 Å². The van der Waals surface area contributed by atoms with Gasteiger partial charge in [0.15, 0.2) is 0 Å². The molecule has 1 aromatic carbocycles. The summed E-state index contributed by atoms with van der Waals surface area (Å²) < 4.78 is 14.4. The van der Waals surface area contributed by atoms with Crippen LogP contribution >= 0.6 is 0 Å². The molecule has 0 fully saturated rings. The Morgan fingerprint density at radius 3 is 2.72 bits per heavy atom. The van der Waals surface area contributed by atoms with Crippen molar-refractivity contribution in [1.82, 2.24) is 4.57 Å². The second kappa shape index (κ2) is 4.79. The lowest BCUT2D eigenvalue weighted by Gasteiger charge is -2.06. The molecule has 0 unspecified atom stereocenters. The second-order valence-corrected chi connectivity index (χ2v) is 3.70. The van der Waals surface area contributed by atoms with Crippen LogP contribution in [-0.2, 0) is 6.54 Å². The maximum Gasteiger partial charge on any atom is 0.274 e. The number of rotatable bonds is 3. The van der Waals surface area contributed by atoms with E-state index in [-0.39, 0.29) is 23.4 Å². The highest BCUT2D eigenvalue weighted by Crippen LogP contribution is 2.20. The van der Waals surface area contributed by atoms with E-state index < -0.39 is 10.7 Å². The van der Waals surface area contributed by atoms with Gasteiger partial charge in [-0.15, -0.1) is 0 Å². The Hall–Kier alpha value is -2.50. The van der Waals surface area contributed by atoms with E-state index in [1.54, 1.807) is 12.1 Å². The average Bonchev–Trinajstić information content (AvgIpc) is 2.32. The quantitative estimate of drug-likeness (QED) is 0.616. The van der Waals surface area contributed by atoms with Crippen LogP contribution in [0.2, 0.25) is 0 Å². The van der Waals surface area contributed by atoms with Gasteiger partial charge in [-0.05, 0) is 18.2 Å². The molecule has 0 saturated heterocycles. The summed E-state index contributed by atoms with van der Waals surface area (Å²) in [6.07, 6.45) is 1.50. The van der Waals surface area contributed by atoms with E-state index in [1.807, 2.05) is 0 Å². The normalized spacial score (nSPS) is 10.3. The molecule has 0 spiro atoms. The third-order valence-electron chi connectivity index (χ3n) is 2.48. The topological polar surface area (TPSA) is 65.1 Å². The Labute approximate surface area is 101 Å². The molecular weight excluding hydrogens is 239 g/mol. The second-order valence-electron chi connectivity index (χ2n) is 3.70. The number of hydrogen-bond donors (Lipinski definition) is 0. The van der Waals surface area contributed by atoms with Crippen LogP contribution in [0.1, 0.15) is 5.56 Å². The molecule has 0 radical (unpaired) electrons. The lowest BCUT2D eigenvalue weighted by atomic mass is 10.1. The minimum Gasteiger partial charge on any atom is -0.311 e. The van der Waals surface area contributed by atoms with Crippen LogP contribution < -0.4 is 5.56 Å². The summed E-state index contributed by atoms with van der Waals surface area (Å²) in [7, 11) is 0. The highest BCUT2D eigenvalue weighted by Gasteiger charge is 2.14. The van der Waals surface area contributed by atoms with E-state index in [9.17, 15) is 19.3 Å². The van der Waals surface area contributed by atoms with Crippen molar-refractivity contribution >= 4 is 5.69 Å². The molecule has 0 amide bonds. The van der Waals surface area contributed by atoms with Gasteiger partial charge in [-0.1, -0.05) is 6.07 Å². The van der Waals surface area contributed by atoms with Gasteiger partial charge in [-0.2, -0.15) is 0 Å². The zero-order valence-electron chi connectivity index (χ0n) is 9.25. The fourth-order valence-electron chi connectivity index (χ4n) is 1.63. The number of hydrogen-bond acceptors (Lipinski definition) is 3.